The van der Waals surface area contributed by atoms with Crippen LogP contribution in [0.3, 0.4) is 0 Å². The van der Waals surface area contributed by atoms with E-state index in [1.807, 2.05) is 0 Å². The number of carbonyl (C=O) groups excluding carboxylic acids is 4. The Morgan fingerprint density at radius 2 is 1.93 bits per heavy atom. The molecule has 1 unspecified atom stereocenters. The van der Waals surface area contributed by atoms with Gasteiger partial charge in [-0.05, 0) is 24.6 Å². The van der Waals surface area contributed by atoms with E-state index in [1.165, 1.54) is 12.1 Å². The van der Waals surface area contributed by atoms with Gasteiger partial charge in [0.1, 0.15) is 24.5 Å². The van der Waals surface area contributed by atoms with Gasteiger partial charge < -0.3 is 14.8 Å². The van der Waals surface area contributed by atoms with Crippen LogP contribution in [0.5, 0.6) is 5.75 Å². The van der Waals surface area contributed by atoms with Crippen LogP contribution in [0.15, 0.2) is 18.2 Å². The molecule has 0 spiro atoms. The quantitative estimate of drug-likeness (QED) is 0.666. The van der Waals surface area contributed by atoms with Crippen LogP contribution in [0.1, 0.15) is 33.6 Å². The molecule has 9 nitrogen and oxygen atoms in total. The Kier molecular flexibility index (Phi) is 5.97. The van der Waals surface area contributed by atoms with Gasteiger partial charge in [-0.25, -0.2) is 0 Å². The third kappa shape index (κ3) is 3.73. The summed E-state index contributed by atoms with van der Waals surface area (Å²) in [5, 5.41) is 5.38. The second kappa shape index (κ2) is 8.26. The van der Waals surface area contributed by atoms with Gasteiger partial charge in [-0.15, -0.1) is 12.4 Å². The summed E-state index contributed by atoms with van der Waals surface area (Å²) in [5.41, 5.74) is 0.428. The smallest absolute Gasteiger partial charge is 0.262 e. The zero-order valence-corrected chi connectivity index (χ0v) is 15.8. The lowest BCUT2D eigenvalue weighted by Gasteiger charge is -2.27. The van der Waals surface area contributed by atoms with E-state index in [2.05, 4.69) is 10.6 Å². The molecule has 2 saturated heterocycles. The van der Waals surface area contributed by atoms with Crippen LogP contribution in [0.4, 0.5) is 0 Å². The number of imide groups is 2. The molecule has 4 rings (SSSR count). The van der Waals surface area contributed by atoms with Crippen LogP contribution in [-0.2, 0) is 14.3 Å². The number of benzene rings is 1. The van der Waals surface area contributed by atoms with Gasteiger partial charge in [-0.1, -0.05) is 0 Å². The predicted molar refractivity (Wildman–Crippen MR) is 98.5 cm³/mol. The maximum Gasteiger partial charge on any atom is 0.262 e. The van der Waals surface area contributed by atoms with E-state index in [4.69, 9.17) is 9.47 Å². The van der Waals surface area contributed by atoms with E-state index in [1.54, 1.807) is 6.07 Å². The molecule has 3 aliphatic rings. The molecule has 3 heterocycles. The number of amides is 4. The minimum absolute atomic E-state index is 0. The number of piperidine rings is 1. The van der Waals surface area contributed by atoms with Crippen molar-refractivity contribution >= 4 is 36.0 Å². The second-order valence-corrected chi connectivity index (χ2v) is 6.66. The van der Waals surface area contributed by atoms with Gasteiger partial charge in [0.25, 0.3) is 11.8 Å². The van der Waals surface area contributed by atoms with Crippen LogP contribution in [0.25, 0.3) is 0 Å². The molecule has 3 aliphatic heterocycles. The first-order valence-electron chi connectivity index (χ1n) is 8.85. The number of halogens is 1. The molecule has 150 valence electrons. The van der Waals surface area contributed by atoms with Crippen molar-refractivity contribution in [2.75, 3.05) is 26.3 Å². The molecule has 10 heteroatoms. The molecule has 0 radical (unpaired) electrons. The number of ether oxygens (including phenoxy) is 2. The summed E-state index contributed by atoms with van der Waals surface area (Å²) in [5.74, 6) is -1.65. The molecule has 28 heavy (non-hydrogen) atoms. The van der Waals surface area contributed by atoms with E-state index in [9.17, 15) is 19.2 Å². The van der Waals surface area contributed by atoms with Gasteiger partial charge in [0.05, 0.1) is 17.7 Å². The standard InChI is InChI=1S/C18H19N3O6.ClH/c22-15-4-3-14(16(23)20-15)21-17(24)12-2-1-10(7-13(12)18(21)25)27-9-11-8-19-5-6-26-11;/h1-2,7,11,14,19H,3-6,8-9H2,(H,20,22,23);1H/t11-,14?;/m0./s1. The fourth-order valence-electron chi connectivity index (χ4n) is 3.46. The van der Waals surface area contributed by atoms with Gasteiger partial charge in [0.2, 0.25) is 11.8 Å². The summed E-state index contributed by atoms with van der Waals surface area (Å²) in [7, 11) is 0. The van der Waals surface area contributed by atoms with Gasteiger partial charge in [0, 0.05) is 19.5 Å². The van der Waals surface area contributed by atoms with E-state index in [0.29, 0.717) is 25.5 Å². The van der Waals surface area contributed by atoms with Crippen molar-refractivity contribution in [3.8, 4) is 5.75 Å². The van der Waals surface area contributed by atoms with E-state index < -0.39 is 29.7 Å². The Balaban J connectivity index is 0.00000225. The second-order valence-electron chi connectivity index (χ2n) is 6.66. The lowest BCUT2D eigenvalue weighted by atomic mass is 10.0. The highest BCUT2D eigenvalue weighted by Gasteiger charge is 2.44. The summed E-state index contributed by atoms with van der Waals surface area (Å²) < 4.78 is 11.3. The fourth-order valence-corrected chi connectivity index (χ4v) is 3.46. The highest BCUT2D eigenvalue weighted by atomic mass is 35.5. The highest BCUT2D eigenvalue weighted by molar-refractivity contribution is 6.23. The van der Waals surface area contributed by atoms with Gasteiger partial charge >= 0.3 is 0 Å². The number of nitrogens with zero attached hydrogens (tertiary/aromatic N) is 1. The predicted octanol–water partition coefficient (Wildman–Crippen LogP) is -0.123. The lowest BCUT2D eigenvalue weighted by molar-refractivity contribution is -0.136. The number of nitrogens with one attached hydrogen (secondary N) is 2. The molecule has 1 aromatic carbocycles. The van der Waals surface area contributed by atoms with E-state index in [-0.39, 0.29) is 42.5 Å². The fraction of sp³-hybridized carbons (Fsp3) is 0.444. The summed E-state index contributed by atoms with van der Waals surface area (Å²) in [6, 6.07) is 3.68. The van der Waals surface area contributed by atoms with Crippen molar-refractivity contribution in [3.05, 3.63) is 29.3 Å². The van der Waals surface area contributed by atoms with Crippen molar-refractivity contribution in [1.29, 1.82) is 0 Å². The minimum Gasteiger partial charge on any atom is -0.491 e. The highest BCUT2D eigenvalue weighted by Crippen LogP contribution is 2.30. The first-order chi connectivity index (χ1) is 13.0. The van der Waals surface area contributed by atoms with Crippen molar-refractivity contribution < 1.29 is 28.7 Å². The molecule has 4 amide bonds. The lowest BCUT2D eigenvalue weighted by Crippen LogP contribution is -2.54. The first-order valence-corrected chi connectivity index (χ1v) is 8.85. The van der Waals surface area contributed by atoms with Crippen molar-refractivity contribution in [2.45, 2.75) is 25.0 Å². The number of carbonyl (C=O) groups is 4. The number of rotatable bonds is 4. The van der Waals surface area contributed by atoms with Crippen molar-refractivity contribution in [2.24, 2.45) is 0 Å². The maximum absolute atomic E-state index is 12.7. The number of fused-ring (bicyclic) bond motifs is 1. The van der Waals surface area contributed by atoms with Gasteiger partial charge in [-0.3, -0.25) is 29.4 Å². The Morgan fingerprint density at radius 1 is 1.14 bits per heavy atom. The summed E-state index contributed by atoms with van der Waals surface area (Å²) in [6.45, 7) is 2.44. The average Bonchev–Trinajstić information content (AvgIpc) is 2.92. The van der Waals surface area contributed by atoms with Gasteiger partial charge in [-0.2, -0.15) is 0 Å². The zero-order valence-electron chi connectivity index (χ0n) is 14.9. The number of hydrogen-bond acceptors (Lipinski definition) is 7. The minimum atomic E-state index is -0.971. The van der Waals surface area contributed by atoms with E-state index >= 15 is 0 Å². The molecular weight excluding hydrogens is 390 g/mol. The Labute approximate surface area is 167 Å². The molecule has 2 N–H and O–H groups in total. The third-order valence-electron chi connectivity index (χ3n) is 4.85. The molecule has 0 aliphatic carbocycles. The van der Waals surface area contributed by atoms with Crippen LogP contribution in [0, 0.1) is 0 Å². The van der Waals surface area contributed by atoms with Crippen LogP contribution in [-0.4, -0.2) is 67.0 Å². The normalized spacial score (nSPS) is 24.5. The van der Waals surface area contributed by atoms with Gasteiger partial charge in [0.15, 0.2) is 0 Å². The van der Waals surface area contributed by atoms with Crippen molar-refractivity contribution in [1.82, 2.24) is 15.5 Å². The first kappa shape index (κ1) is 20.2. The average molecular weight is 410 g/mol. The van der Waals surface area contributed by atoms with Crippen LogP contribution >= 0.6 is 12.4 Å². The molecular formula is C18H20ClN3O6. The molecule has 1 aromatic rings. The monoisotopic (exact) mass is 409 g/mol. The van der Waals surface area contributed by atoms with Crippen molar-refractivity contribution in [3.63, 3.8) is 0 Å². The maximum atomic E-state index is 12.7. The van der Waals surface area contributed by atoms with E-state index in [0.717, 1.165) is 11.4 Å². The van der Waals surface area contributed by atoms with Crippen LogP contribution in [0.2, 0.25) is 0 Å². The molecule has 0 saturated carbocycles. The Bertz CT molecular complexity index is 824. The third-order valence-corrected chi connectivity index (χ3v) is 4.85. The topological polar surface area (TPSA) is 114 Å². The molecule has 2 atom stereocenters. The summed E-state index contributed by atoms with van der Waals surface area (Å²) in [6.07, 6.45) is 0.142. The molecule has 0 aromatic heterocycles. The largest absolute Gasteiger partial charge is 0.491 e. The molecule has 0 bridgehead atoms. The zero-order chi connectivity index (χ0) is 19.0. The SMILES string of the molecule is Cl.O=C1CCC(N2C(=O)c3ccc(OC[C@@H]4CNCCO4)cc3C2=O)C(=O)N1. The number of hydrogen-bond donors (Lipinski definition) is 2. The molecule has 2 fully saturated rings. The Hall–Kier alpha value is -2.49. The number of morpholine rings is 1. The summed E-state index contributed by atoms with van der Waals surface area (Å²) in [4.78, 5) is 49.7. The summed E-state index contributed by atoms with van der Waals surface area (Å²) >= 11 is 0. The Morgan fingerprint density at radius 3 is 2.64 bits per heavy atom. The van der Waals surface area contributed by atoms with Crippen LogP contribution < -0.4 is 15.4 Å².